The Kier molecular flexibility index (Phi) is 10.4. The van der Waals surface area contributed by atoms with Gasteiger partial charge in [-0.15, -0.1) is 0 Å². The van der Waals surface area contributed by atoms with Crippen LogP contribution in [0.2, 0.25) is 5.02 Å². The number of halogens is 1. The van der Waals surface area contributed by atoms with Crippen LogP contribution in [0.25, 0.3) is 0 Å². The quantitative estimate of drug-likeness (QED) is 0.334. The number of hydrogen-bond donors (Lipinski definition) is 1. The van der Waals surface area contributed by atoms with Gasteiger partial charge in [-0.1, -0.05) is 54.9 Å². The monoisotopic (exact) mass is 571 g/mol. The molecular formula is C29H34ClN3O5S. The molecule has 0 unspecified atom stereocenters. The highest BCUT2D eigenvalue weighted by atomic mass is 35.5. The van der Waals surface area contributed by atoms with E-state index in [1.807, 2.05) is 20.8 Å². The molecule has 0 heterocycles. The van der Waals surface area contributed by atoms with E-state index in [4.69, 9.17) is 16.3 Å². The van der Waals surface area contributed by atoms with E-state index in [0.29, 0.717) is 17.2 Å². The summed E-state index contributed by atoms with van der Waals surface area (Å²) < 4.78 is 34.0. The van der Waals surface area contributed by atoms with Gasteiger partial charge in [0.05, 0.1) is 17.7 Å². The van der Waals surface area contributed by atoms with Crippen molar-refractivity contribution in [3.8, 4) is 5.75 Å². The smallest absolute Gasteiger partial charge is 0.264 e. The summed E-state index contributed by atoms with van der Waals surface area (Å²) in [5, 5.41) is 3.42. The Labute approximate surface area is 235 Å². The van der Waals surface area contributed by atoms with Crippen molar-refractivity contribution < 1.29 is 22.7 Å². The van der Waals surface area contributed by atoms with Crippen molar-refractivity contribution in [2.75, 3.05) is 18.0 Å². The minimum absolute atomic E-state index is 0.0365. The molecule has 0 bridgehead atoms. The second-order valence-electron chi connectivity index (χ2n) is 9.26. The van der Waals surface area contributed by atoms with Crippen LogP contribution in [0.5, 0.6) is 5.75 Å². The number of carbonyl (C=O) groups excluding carboxylic acids is 2. The minimum atomic E-state index is -4.15. The predicted octanol–water partition coefficient (Wildman–Crippen LogP) is 4.88. The molecule has 8 nitrogen and oxygen atoms in total. The first-order valence-corrected chi connectivity index (χ1v) is 14.4. The highest BCUT2D eigenvalue weighted by molar-refractivity contribution is 7.92. The lowest BCUT2D eigenvalue weighted by molar-refractivity contribution is -0.140. The molecule has 0 fully saturated rings. The third-order valence-electron chi connectivity index (χ3n) is 6.03. The van der Waals surface area contributed by atoms with Crippen molar-refractivity contribution in [2.45, 2.75) is 50.7 Å². The highest BCUT2D eigenvalue weighted by Crippen LogP contribution is 2.28. The first-order valence-electron chi connectivity index (χ1n) is 12.6. The lowest BCUT2D eigenvalue weighted by Crippen LogP contribution is -2.53. The fourth-order valence-corrected chi connectivity index (χ4v) is 5.65. The average molecular weight is 572 g/mol. The van der Waals surface area contributed by atoms with Gasteiger partial charge < -0.3 is 15.0 Å². The summed E-state index contributed by atoms with van der Waals surface area (Å²) in [6.07, 6.45) is 0.336. The zero-order valence-corrected chi connectivity index (χ0v) is 24.1. The second-order valence-corrected chi connectivity index (χ2v) is 11.6. The van der Waals surface area contributed by atoms with Crippen LogP contribution in [0.1, 0.15) is 32.8 Å². The van der Waals surface area contributed by atoms with Crippen molar-refractivity contribution in [1.29, 1.82) is 0 Å². The summed E-state index contributed by atoms with van der Waals surface area (Å²) in [7, 11) is -2.67. The average Bonchev–Trinajstić information content (AvgIpc) is 2.92. The number of sulfonamides is 1. The van der Waals surface area contributed by atoms with Crippen LogP contribution in [0.4, 0.5) is 5.69 Å². The van der Waals surface area contributed by atoms with Crippen molar-refractivity contribution in [1.82, 2.24) is 10.2 Å². The Hall–Kier alpha value is -3.56. The number of nitrogens with one attached hydrogen (secondary N) is 1. The molecule has 10 heteroatoms. The van der Waals surface area contributed by atoms with Crippen LogP contribution < -0.4 is 14.4 Å². The van der Waals surface area contributed by atoms with Gasteiger partial charge >= 0.3 is 0 Å². The number of amides is 2. The van der Waals surface area contributed by atoms with Crippen molar-refractivity contribution >= 4 is 39.1 Å². The Balaban J connectivity index is 2.06. The number of ether oxygens (including phenoxy) is 1. The maximum absolute atomic E-state index is 14.0. The lowest BCUT2D eigenvalue weighted by atomic mass is 10.1. The van der Waals surface area contributed by atoms with Crippen LogP contribution in [-0.4, -0.2) is 50.9 Å². The normalized spacial score (nSPS) is 12.1. The third kappa shape index (κ3) is 7.74. The number of rotatable bonds is 12. The van der Waals surface area contributed by atoms with Crippen LogP contribution in [-0.2, 0) is 26.2 Å². The largest absolute Gasteiger partial charge is 0.497 e. The van der Waals surface area contributed by atoms with Crippen molar-refractivity contribution in [2.24, 2.45) is 0 Å². The first-order chi connectivity index (χ1) is 18.6. The minimum Gasteiger partial charge on any atom is -0.497 e. The number of carbonyl (C=O) groups is 2. The zero-order valence-electron chi connectivity index (χ0n) is 22.5. The van der Waals surface area contributed by atoms with Crippen LogP contribution in [0.15, 0.2) is 83.8 Å². The van der Waals surface area contributed by atoms with E-state index >= 15 is 0 Å². The summed E-state index contributed by atoms with van der Waals surface area (Å²) in [4.78, 5) is 28.6. The first kappa shape index (κ1) is 30.0. The molecule has 2 amide bonds. The van der Waals surface area contributed by atoms with Gasteiger partial charge in [-0.05, 0) is 62.2 Å². The summed E-state index contributed by atoms with van der Waals surface area (Å²) >= 11 is 6.05. The SMILES string of the molecule is CC[C@H](C(=O)NC(C)C)N(Cc1ccc(Cl)cc1)C(=O)CN(c1cccc(OC)c1)S(=O)(=O)c1ccccc1. The van der Waals surface area contributed by atoms with Crippen molar-refractivity contribution in [3.63, 3.8) is 0 Å². The lowest BCUT2D eigenvalue weighted by Gasteiger charge is -2.33. The summed E-state index contributed by atoms with van der Waals surface area (Å²) in [5.74, 6) is -0.402. The van der Waals surface area contributed by atoms with Crippen LogP contribution in [0.3, 0.4) is 0 Å². The number of hydrogen-bond acceptors (Lipinski definition) is 5. The van der Waals surface area contributed by atoms with E-state index in [2.05, 4.69) is 5.32 Å². The molecule has 208 valence electrons. The maximum Gasteiger partial charge on any atom is 0.264 e. The number of methoxy groups -OCH3 is 1. The van der Waals surface area contributed by atoms with Gasteiger partial charge in [0.1, 0.15) is 18.3 Å². The zero-order chi connectivity index (χ0) is 28.6. The van der Waals surface area contributed by atoms with Gasteiger partial charge in [-0.25, -0.2) is 8.42 Å². The molecule has 0 saturated carbocycles. The fourth-order valence-electron chi connectivity index (χ4n) is 4.10. The molecule has 3 aromatic rings. The van der Waals surface area contributed by atoms with E-state index in [1.54, 1.807) is 66.7 Å². The van der Waals surface area contributed by atoms with Crippen LogP contribution in [0, 0.1) is 0 Å². The molecule has 0 aliphatic heterocycles. The predicted molar refractivity (Wildman–Crippen MR) is 153 cm³/mol. The molecule has 0 saturated heterocycles. The molecular weight excluding hydrogens is 538 g/mol. The van der Waals surface area contributed by atoms with E-state index < -0.39 is 28.5 Å². The van der Waals surface area contributed by atoms with E-state index in [1.165, 1.54) is 24.1 Å². The number of benzene rings is 3. The molecule has 0 aliphatic rings. The maximum atomic E-state index is 14.0. The molecule has 3 aromatic carbocycles. The molecule has 1 atom stereocenters. The van der Waals surface area contributed by atoms with E-state index in [0.717, 1.165) is 9.87 Å². The Bertz CT molecular complexity index is 1370. The topological polar surface area (TPSA) is 96.0 Å². The number of anilines is 1. The van der Waals surface area contributed by atoms with Gasteiger partial charge in [0.25, 0.3) is 10.0 Å². The molecule has 0 aliphatic carbocycles. The Morgan fingerprint density at radius 3 is 2.23 bits per heavy atom. The van der Waals surface area contributed by atoms with Gasteiger partial charge in [0, 0.05) is 23.7 Å². The third-order valence-corrected chi connectivity index (χ3v) is 8.07. The molecule has 0 spiro atoms. The second kappa shape index (κ2) is 13.5. The summed E-state index contributed by atoms with van der Waals surface area (Å²) in [6.45, 7) is 5.06. The van der Waals surface area contributed by atoms with Gasteiger partial charge in [-0.3, -0.25) is 13.9 Å². The highest BCUT2D eigenvalue weighted by Gasteiger charge is 2.34. The standard InChI is InChI=1S/C29H34ClN3O5S/c1-5-27(29(35)31-21(2)3)32(19-22-14-16-23(30)17-15-22)28(34)20-33(24-10-9-11-25(18-24)38-4)39(36,37)26-12-7-6-8-13-26/h6-18,21,27H,5,19-20H2,1-4H3,(H,31,35)/t27-/m1/s1. The summed E-state index contributed by atoms with van der Waals surface area (Å²) in [6, 6.07) is 20.4. The van der Waals surface area contributed by atoms with Crippen molar-refractivity contribution in [3.05, 3.63) is 89.4 Å². The molecule has 0 aromatic heterocycles. The molecule has 39 heavy (non-hydrogen) atoms. The molecule has 3 rings (SSSR count). The molecule has 1 N–H and O–H groups in total. The van der Waals surface area contributed by atoms with Gasteiger partial charge in [-0.2, -0.15) is 0 Å². The van der Waals surface area contributed by atoms with E-state index in [-0.39, 0.29) is 29.1 Å². The van der Waals surface area contributed by atoms with Gasteiger partial charge in [0.15, 0.2) is 0 Å². The van der Waals surface area contributed by atoms with Crippen LogP contribution >= 0.6 is 11.6 Å². The summed E-state index contributed by atoms with van der Waals surface area (Å²) in [5.41, 5.74) is 1.01. The Morgan fingerprint density at radius 2 is 1.64 bits per heavy atom. The van der Waals surface area contributed by atoms with Gasteiger partial charge in [0.2, 0.25) is 11.8 Å². The molecule has 0 radical (unpaired) electrons. The number of nitrogens with zero attached hydrogens (tertiary/aromatic N) is 2. The van der Waals surface area contributed by atoms with E-state index in [9.17, 15) is 18.0 Å². The fraction of sp³-hybridized carbons (Fsp3) is 0.310. The Morgan fingerprint density at radius 1 is 0.974 bits per heavy atom.